The molecule has 1 saturated carbocycles. The van der Waals surface area contributed by atoms with Crippen LogP contribution in [0, 0.1) is 18.3 Å². The zero-order valence-corrected chi connectivity index (χ0v) is 9.39. The maximum Gasteiger partial charge on any atom is 0.0715 e. The molecule has 0 radical (unpaired) electrons. The van der Waals surface area contributed by atoms with E-state index in [2.05, 4.69) is 18.2 Å². The zero-order chi connectivity index (χ0) is 10.2. The Morgan fingerprint density at radius 3 is 2.29 bits per heavy atom. The molecule has 1 rings (SSSR count). The molecule has 1 unspecified atom stereocenters. The predicted octanol–water partition coefficient (Wildman–Crippen LogP) is 2.96. The van der Waals surface area contributed by atoms with E-state index in [1.54, 1.807) is 0 Å². The van der Waals surface area contributed by atoms with Crippen LogP contribution in [0.5, 0.6) is 0 Å². The van der Waals surface area contributed by atoms with E-state index in [9.17, 15) is 0 Å². The van der Waals surface area contributed by atoms with Gasteiger partial charge in [0, 0.05) is 0 Å². The fraction of sp³-hybridized carbons (Fsp3) is 0.846. The molecule has 0 spiro atoms. The minimum absolute atomic E-state index is 0.318. The Bertz CT molecular complexity index is 172. The highest BCUT2D eigenvalue weighted by Crippen LogP contribution is 2.24. The molecule has 1 atom stereocenters. The second kappa shape index (κ2) is 6.90. The lowest BCUT2D eigenvalue weighted by Crippen LogP contribution is -2.35. The van der Waals surface area contributed by atoms with E-state index < -0.39 is 0 Å². The van der Waals surface area contributed by atoms with Gasteiger partial charge in [-0.05, 0) is 25.3 Å². The van der Waals surface area contributed by atoms with E-state index in [0.29, 0.717) is 6.04 Å². The Morgan fingerprint density at radius 1 is 1.21 bits per heavy atom. The van der Waals surface area contributed by atoms with Crippen LogP contribution in [0.1, 0.15) is 51.9 Å². The van der Waals surface area contributed by atoms with Crippen molar-refractivity contribution in [3.63, 3.8) is 0 Å². The van der Waals surface area contributed by atoms with Crippen LogP contribution in [0.4, 0.5) is 0 Å². The number of nitrogens with one attached hydrogen (secondary N) is 1. The number of rotatable bonds is 3. The lowest BCUT2D eigenvalue weighted by Gasteiger charge is -2.25. The van der Waals surface area contributed by atoms with E-state index in [-0.39, 0.29) is 0 Å². The first-order chi connectivity index (χ1) is 6.88. The van der Waals surface area contributed by atoms with E-state index >= 15 is 0 Å². The lowest BCUT2D eigenvalue weighted by atomic mass is 9.86. The molecule has 80 valence electrons. The lowest BCUT2D eigenvalue weighted by molar-refractivity contribution is 0.327. The molecule has 0 aromatic carbocycles. The summed E-state index contributed by atoms with van der Waals surface area (Å²) in [5.41, 5.74) is 0. The van der Waals surface area contributed by atoms with Crippen molar-refractivity contribution in [3.8, 4) is 12.3 Å². The van der Waals surface area contributed by atoms with Crippen molar-refractivity contribution in [3.05, 3.63) is 0 Å². The van der Waals surface area contributed by atoms with Crippen LogP contribution in [0.3, 0.4) is 0 Å². The summed E-state index contributed by atoms with van der Waals surface area (Å²) in [6.45, 7) is 3.12. The summed E-state index contributed by atoms with van der Waals surface area (Å²) in [6.07, 6.45) is 15.2. The van der Waals surface area contributed by atoms with Crippen LogP contribution in [-0.4, -0.2) is 12.6 Å². The van der Waals surface area contributed by atoms with Crippen LogP contribution >= 0.6 is 0 Å². The van der Waals surface area contributed by atoms with Gasteiger partial charge in [-0.2, -0.15) is 0 Å². The van der Waals surface area contributed by atoms with E-state index in [1.165, 1.54) is 44.9 Å². The van der Waals surface area contributed by atoms with Crippen LogP contribution < -0.4 is 5.32 Å². The van der Waals surface area contributed by atoms with Crippen LogP contribution in [0.2, 0.25) is 0 Å². The van der Waals surface area contributed by atoms with Crippen molar-refractivity contribution in [1.82, 2.24) is 5.32 Å². The first kappa shape index (κ1) is 11.6. The molecule has 1 aliphatic rings. The summed E-state index contributed by atoms with van der Waals surface area (Å²) in [5, 5.41) is 3.41. The number of hydrogen-bond acceptors (Lipinski definition) is 1. The first-order valence-corrected chi connectivity index (χ1v) is 6.08. The molecule has 0 heterocycles. The number of terminal acetylenes is 1. The molecule has 1 fully saturated rings. The molecule has 0 amide bonds. The average molecular weight is 193 g/mol. The SMILES string of the molecule is C#CC(NCC)C1CCCCCCC1. The van der Waals surface area contributed by atoms with Crippen molar-refractivity contribution in [2.45, 2.75) is 57.9 Å². The molecule has 1 heteroatoms. The second-order valence-corrected chi connectivity index (χ2v) is 4.31. The normalized spacial score (nSPS) is 22.0. The molecule has 0 bridgehead atoms. The van der Waals surface area contributed by atoms with E-state index in [0.717, 1.165) is 12.5 Å². The van der Waals surface area contributed by atoms with Crippen LogP contribution in [-0.2, 0) is 0 Å². The Kier molecular flexibility index (Phi) is 5.71. The monoisotopic (exact) mass is 193 g/mol. The summed E-state index contributed by atoms with van der Waals surface area (Å²) >= 11 is 0. The Hall–Kier alpha value is -0.480. The standard InChI is InChI=1S/C13H23N/c1-3-13(14-4-2)12-10-8-6-5-7-9-11-12/h1,12-14H,4-11H2,2H3. The van der Waals surface area contributed by atoms with Gasteiger partial charge in [-0.15, -0.1) is 6.42 Å². The molecular weight excluding hydrogens is 170 g/mol. The van der Waals surface area contributed by atoms with Gasteiger partial charge >= 0.3 is 0 Å². The van der Waals surface area contributed by atoms with Crippen molar-refractivity contribution < 1.29 is 0 Å². The molecule has 0 saturated heterocycles. The van der Waals surface area contributed by atoms with Gasteiger partial charge in [0.1, 0.15) is 0 Å². The predicted molar refractivity (Wildman–Crippen MR) is 62.1 cm³/mol. The molecular formula is C13H23N. The molecule has 0 aliphatic heterocycles. The molecule has 0 aromatic rings. The van der Waals surface area contributed by atoms with Crippen molar-refractivity contribution in [1.29, 1.82) is 0 Å². The highest BCUT2D eigenvalue weighted by atomic mass is 14.9. The minimum Gasteiger partial charge on any atom is -0.304 e. The summed E-state index contributed by atoms with van der Waals surface area (Å²) in [5.74, 6) is 3.63. The summed E-state index contributed by atoms with van der Waals surface area (Å²) in [7, 11) is 0. The zero-order valence-electron chi connectivity index (χ0n) is 9.39. The fourth-order valence-electron chi connectivity index (χ4n) is 2.40. The average Bonchev–Trinajstić information content (AvgIpc) is 2.15. The summed E-state index contributed by atoms with van der Waals surface area (Å²) in [6, 6.07) is 0.318. The first-order valence-electron chi connectivity index (χ1n) is 6.08. The van der Waals surface area contributed by atoms with Crippen molar-refractivity contribution in [2.24, 2.45) is 5.92 Å². The molecule has 0 aromatic heterocycles. The third kappa shape index (κ3) is 3.72. The topological polar surface area (TPSA) is 12.0 Å². The van der Waals surface area contributed by atoms with Crippen LogP contribution in [0.15, 0.2) is 0 Å². The minimum atomic E-state index is 0.318. The van der Waals surface area contributed by atoms with Gasteiger partial charge in [-0.1, -0.05) is 44.9 Å². The molecule has 14 heavy (non-hydrogen) atoms. The smallest absolute Gasteiger partial charge is 0.0715 e. The highest BCUT2D eigenvalue weighted by molar-refractivity contribution is 5.02. The van der Waals surface area contributed by atoms with E-state index in [4.69, 9.17) is 6.42 Å². The summed E-state index contributed by atoms with van der Waals surface area (Å²) in [4.78, 5) is 0. The fourth-order valence-corrected chi connectivity index (χ4v) is 2.40. The van der Waals surface area contributed by atoms with Crippen LogP contribution in [0.25, 0.3) is 0 Å². The third-order valence-corrected chi connectivity index (χ3v) is 3.22. The van der Waals surface area contributed by atoms with Gasteiger partial charge in [-0.25, -0.2) is 0 Å². The van der Waals surface area contributed by atoms with Gasteiger partial charge in [0.2, 0.25) is 0 Å². The van der Waals surface area contributed by atoms with Gasteiger partial charge in [-0.3, -0.25) is 0 Å². The number of hydrogen-bond donors (Lipinski definition) is 1. The van der Waals surface area contributed by atoms with E-state index in [1.807, 2.05) is 0 Å². The third-order valence-electron chi connectivity index (χ3n) is 3.22. The van der Waals surface area contributed by atoms with Gasteiger partial charge in [0.05, 0.1) is 6.04 Å². The Balaban J connectivity index is 2.41. The second-order valence-electron chi connectivity index (χ2n) is 4.31. The van der Waals surface area contributed by atoms with Gasteiger partial charge in [0.15, 0.2) is 0 Å². The maximum absolute atomic E-state index is 5.57. The van der Waals surface area contributed by atoms with Crippen molar-refractivity contribution >= 4 is 0 Å². The highest BCUT2D eigenvalue weighted by Gasteiger charge is 2.18. The van der Waals surface area contributed by atoms with Crippen molar-refractivity contribution in [2.75, 3.05) is 6.54 Å². The molecule has 1 N–H and O–H groups in total. The maximum atomic E-state index is 5.57. The largest absolute Gasteiger partial charge is 0.304 e. The molecule has 1 aliphatic carbocycles. The van der Waals surface area contributed by atoms with Gasteiger partial charge < -0.3 is 5.32 Å². The quantitative estimate of drug-likeness (QED) is 0.679. The Morgan fingerprint density at radius 2 is 1.79 bits per heavy atom. The summed E-state index contributed by atoms with van der Waals surface area (Å²) < 4.78 is 0. The Labute approximate surface area is 88.7 Å². The van der Waals surface area contributed by atoms with Gasteiger partial charge in [0.25, 0.3) is 0 Å². The molecule has 1 nitrogen and oxygen atoms in total.